The van der Waals surface area contributed by atoms with Gasteiger partial charge in [-0.05, 0) is 25.7 Å². The highest BCUT2D eigenvalue weighted by atomic mass is 16.6. The third-order valence-electron chi connectivity index (χ3n) is 3.22. The topological polar surface area (TPSA) is 67.8 Å². The van der Waals surface area contributed by atoms with Crippen molar-refractivity contribution >= 4 is 5.97 Å². The molecule has 1 aliphatic rings. The van der Waals surface area contributed by atoms with E-state index >= 15 is 0 Å². The minimum absolute atomic E-state index is 0.0154. The summed E-state index contributed by atoms with van der Waals surface area (Å²) in [7, 11) is 0. The molecule has 0 aromatic carbocycles. The van der Waals surface area contributed by atoms with E-state index in [0.29, 0.717) is 25.7 Å². The molecule has 0 heterocycles. The second-order valence-corrected chi connectivity index (χ2v) is 4.67. The predicted octanol–water partition coefficient (Wildman–Crippen LogP) is 0.707. The molecule has 1 aliphatic carbocycles. The summed E-state index contributed by atoms with van der Waals surface area (Å²) in [6.07, 6.45) is 4.21. The number of carbonyl (C=O) groups excluding carboxylic acids is 1. The first kappa shape index (κ1) is 15.4. The van der Waals surface area contributed by atoms with Crippen molar-refractivity contribution in [2.24, 2.45) is 5.92 Å². The van der Waals surface area contributed by atoms with Crippen LogP contribution in [0.25, 0.3) is 0 Å². The first-order chi connectivity index (χ1) is 8.74. The van der Waals surface area contributed by atoms with Crippen molar-refractivity contribution in [1.82, 2.24) is 5.32 Å². The Morgan fingerprint density at radius 1 is 1.39 bits per heavy atom. The van der Waals surface area contributed by atoms with Crippen molar-refractivity contribution in [1.29, 1.82) is 0 Å². The van der Waals surface area contributed by atoms with Crippen LogP contribution in [0.5, 0.6) is 0 Å². The summed E-state index contributed by atoms with van der Waals surface area (Å²) in [4.78, 5) is 11.0. The SMILES string of the molecule is CCOC(=O)COCCNCC1CCCCC1O. The maximum absolute atomic E-state index is 11.0. The van der Waals surface area contributed by atoms with E-state index in [1.807, 2.05) is 0 Å². The van der Waals surface area contributed by atoms with E-state index in [-0.39, 0.29) is 18.7 Å². The number of esters is 1. The lowest BCUT2D eigenvalue weighted by Crippen LogP contribution is -2.35. The zero-order valence-electron chi connectivity index (χ0n) is 11.2. The summed E-state index contributed by atoms with van der Waals surface area (Å²) in [5.74, 6) is 0.0454. The van der Waals surface area contributed by atoms with Crippen LogP contribution in [0.1, 0.15) is 32.6 Å². The number of ether oxygens (including phenoxy) is 2. The first-order valence-electron chi connectivity index (χ1n) is 6.86. The van der Waals surface area contributed by atoms with Crippen LogP contribution in [-0.2, 0) is 14.3 Å². The summed E-state index contributed by atoms with van der Waals surface area (Å²) >= 11 is 0. The van der Waals surface area contributed by atoms with E-state index < -0.39 is 0 Å². The van der Waals surface area contributed by atoms with E-state index in [2.05, 4.69) is 5.32 Å². The van der Waals surface area contributed by atoms with Crippen LogP contribution in [0.2, 0.25) is 0 Å². The maximum atomic E-state index is 11.0. The Morgan fingerprint density at radius 3 is 2.89 bits per heavy atom. The summed E-state index contributed by atoms with van der Waals surface area (Å²) < 4.78 is 9.90. The van der Waals surface area contributed by atoms with Gasteiger partial charge in [-0.1, -0.05) is 12.8 Å². The smallest absolute Gasteiger partial charge is 0.332 e. The normalized spacial score (nSPS) is 23.9. The van der Waals surface area contributed by atoms with E-state index in [0.717, 1.165) is 25.8 Å². The fourth-order valence-electron chi connectivity index (χ4n) is 2.22. The molecule has 18 heavy (non-hydrogen) atoms. The third-order valence-corrected chi connectivity index (χ3v) is 3.22. The minimum Gasteiger partial charge on any atom is -0.464 e. The Kier molecular flexibility index (Phi) is 7.96. The lowest BCUT2D eigenvalue weighted by atomic mass is 9.86. The van der Waals surface area contributed by atoms with Gasteiger partial charge in [0.1, 0.15) is 6.61 Å². The predicted molar refractivity (Wildman–Crippen MR) is 68.3 cm³/mol. The van der Waals surface area contributed by atoms with Gasteiger partial charge in [0, 0.05) is 13.1 Å². The molecule has 5 heteroatoms. The zero-order valence-corrected chi connectivity index (χ0v) is 11.2. The molecule has 2 N–H and O–H groups in total. The highest BCUT2D eigenvalue weighted by molar-refractivity contribution is 5.70. The second-order valence-electron chi connectivity index (χ2n) is 4.67. The molecule has 0 aliphatic heterocycles. The largest absolute Gasteiger partial charge is 0.464 e. The van der Waals surface area contributed by atoms with Crippen LogP contribution in [-0.4, -0.2) is 50.1 Å². The van der Waals surface area contributed by atoms with Crippen LogP contribution in [0.4, 0.5) is 0 Å². The molecule has 106 valence electrons. The monoisotopic (exact) mass is 259 g/mol. The van der Waals surface area contributed by atoms with Crippen molar-refractivity contribution in [3.05, 3.63) is 0 Å². The van der Waals surface area contributed by atoms with E-state index in [9.17, 15) is 9.90 Å². The molecular weight excluding hydrogens is 234 g/mol. The molecule has 2 atom stereocenters. The zero-order chi connectivity index (χ0) is 13.2. The fourth-order valence-corrected chi connectivity index (χ4v) is 2.22. The molecule has 0 amide bonds. The molecule has 0 aromatic rings. The summed E-state index contributed by atoms with van der Waals surface area (Å²) in [6, 6.07) is 0. The van der Waals surface area contributed by atoms with Crippen LogP contribution in [0.15, 0.2) is 0 Å². The molecule has 1 fully saturated rings. The Balaban J connectivity index is 1.93. The molecule has 0 saturated heterocycles. The Labute approximate surface area is 109 Å². The maximum Gasteiger partial charge on any atom is 0.332 e. The Hall–Kier alpha value is -0.650. The molecule has 0 spiro atoms. The number of aliphatic hydroxyl groups is 1. The minimum atomic E-state index is -0.319. The third kappa shape index (κ3) is 6.33. The molecule has 2 unspecified atom stereocenters. The molecule has 1 saturated carbocycles. The average molecular weight is 259 g/mol. The summed E-state index contributed by atoms with van der Waals surface area (Å²) in [5, 5.41) is 13.0. The number of carbonyl (C=O) groups is 1. The molecule has 1 rings (SSSR count). The van der Waals surface area contributed by atoms with Crippen molar-refractivity contribution < 1.29 is 19.4 Å². The summed E-state index contributed by atoms with van der Waals surface area (Å²) in [5.41, 5.74) is 0. The number of nitrogens with one attached hydrogen (secondary N) is 1. The number of aliphatic hydroxyl groups excluding tert-OH is 1. The van der Waals surface area contributed by atoms with E-state index in [1.54, 1.807) is 6.92 Å². The van der Waals surface area contributed by atoms with Gasteiger partial charge in [0.15, 0.2) is 0 Å². The molecule has 0 bridgehead atoms. The summed E-state index contributed by atoms with van der Waals surface area (Å²) in [6.45, 7) is 4.19. The molecular formula is C13H25NO4. The number of rotatable bonds is 8. The molecule has 5 nitrogen and oxygen atoms in total. The van der Waals surface area contributed by atoms with E-state index in [4.69, 9.17) is 9.47 Å². The first-order valence-corrected chi connectivity index (χ1v) is 6.86. The number of hydrogen-bond acceptors (Lipinski definition) is 5. The van der Waals surface area contributed by atoms with Gasteiger partial charge >= 0.3 is 5.97 Å². The van der Waals surface area contributed by atoms with Gasteiger partial charge in [-0.25, -0.2) is 4.79 Å². The lowest BCUT2D eigenvalue weighted by Gasteiger charge is -2.27. The van der Waals surface area contributed by atoms with Crippen LogP contribution >= 0.6 is 0 Å². The highest BCUT2D eigenvalue weighted by Crippen LogP contribution is 2.23. The second kappa shape index (κ2) is 9.30. The fraction of sp³-hybridized carbons (Fsp3) is 0.923. The Bertz CT molecular complexity index is 235. The van der Waals surface area contributed by atoms with Gasteiger partial charge < -0.3 is 19.9 Å². The number of hydrogen-bond donors (Lipinski definition) is 2. The van der Waals surface area contributed by atoms with Gasteiger partial charge in [-0.2, -0.15) is 0 Å². The molecule has 0 radical (unpaired) electrons. The standard InChI is InChI=1S/C13H25NO4/c1-2-18-13(16)10-17-8-7-14-9-11-5-3-4-6-12(11)15/h11-12,14-15H,2-10H2,1H3. The van der Waals surface area contributed by atoms with Crippen molar-refractivity contribution in [2.45, 2.75) is 38.7 Å². The van der Waals surface area contributed by atoms with Gasteiger partial charge in [0.2, 0.25) is 0 Å². The highest BCUT2D eigenvalue weighted by Gasteiger charge is 2.22. The van der Waals surface area contributed by atoms with Crippen molar-refractivity contribution in [3.8, 4) is 0 Å². The van der Waals surface area contributed by atoms with Crippen LogP contribution in [0, 0.1) is 5.92 Å². The average Bonchev–Trinajstić information content (AvgIpc) is 2.36. The Morgan fingerprint density at radius 2 is 2.17 bits per heavy atom. The van der Waals surface area contributed by atoms with Crippen LogP contribution in [0.3, 0.4) is 0 Å². The van der Waals surface area contributed by atoms with Crippen molar-refractivity contribution in [2.75, 3.05) is 32.9 Å². The van der Waals surface area contributed by atoms with Gasteiger partial charge in [0.05, 0.1) is 19.3 Å². The van der Waals surface area contributed by atoms with Crippen LogP contribution < -0.4 is 5.32 Å². The lowest BCUT2D eigenvalue weighted by molar-refractivity contribution is -0.148. The van der Waals surface area contributed by atoms with Crippen molar-refractivity contribution in [3.63, 3.8) is 0 Å². The van der Waals surface area contributed by atoms with E-state index in [1.165, 1.54) is 6.42 Å². The van der Waals surface area contributed by atoms with Gasteiger partial charge in [0.25, 0.3) is 0 Å². The van der Waals surface area contributed by atoms with Gasteiger partial charge in [-0.15, -0.1) is 0 Å². The molecule has 0 aromatic heterocycles. The quantitative estimate of drug-likeness (QED) is 0.496. The van der Waals surface area contributed by atoms with Gasteiger partial charge in [-0.3, -0.25) is 0 Å².